The Bertz CT molecular complexity index is 233. The van der Waals surface area contributed by atoms with Crippen molar-refractivity contribution < 1.29 is 9.59 Å². The van der Waals surface area contributed by atoms with Crippen LogP contribution in [0.1, 0.15) is 40.5 Å². The number of amides is 1. The van der Waals surface area contributed by atoms with Gasteiger partial charge in [-0.15, -0.1) is 0 Å². The molecule has 0 aliphatic carbocycles. The number of hydrogen-bond acceptors (Lipinski definition) is 2. The zero-order valence-corrected chi connectivity index (χ0v) is 11.5. The Balaban J connectivity index is 4.31. The maximum atomic E-state index is 11.3. The number of hydrogen-bond donors (Lipinski definition) is 1. The third kappa shape index (κ3) is 8.60. The highest BCUT2D eigenvalue weighted by molar-refractivity contribution is 9.09. The Morgan fingerprint density at radius 3 is 2.20 bits per heavy atom. The van der Waals surface area contributed by atoms with E-state index in [0.29, 0.717) is 11.8 Å². The van der Waals surface area contributed by atoms with E-state index in [1.165, 1.54) is 6.92 Å². The molecule has 0 saturated carbocycles. The average molecular weight is 278 g/mol. The van der Waals surface area contributed by atoms with Crippen molar-refractivity contribution in [3.63, 3.8) is 0 Å². The summed E-state index contributed by atoms with van der Waals surface area (Å²) in [5, 5.41) is 3.18. The molecule has 88 valence electrons. The quantitative estimate of drug-likeness (QED) is 0.784. The largest absolute Gasteiger partial charge is 0.353 e. The Hall–Kier alpha value is -0.380. The van der Waals surface area contributed by atoms with Crippen molar-refractivity contribution >= 4 is 27.6 Å². The van der Waals surface area contributed by atoms with Gasteiger partial charge in [0.25, 0.3) is 0 Å². The highest BCUT2D eigenvalue weighted by atomic mass is 79.9. The molecule has 1 atom stereocenters. The fraction of sp³-hybridized carbons (Fsp3) is 0.818. The molecular weight excluding hydrogens is 258 g/mol. The van der Waals surface area contributed by atoms with E-state index in [0.717, 1.165) is 6.42 Å². The lowest BCUT2D eigenvalue weighted by molar-refractivity contribution is -0.120. The van der Waals surface area contributed by atoms with E-state index in [9.17, 15) is 9.59 Å². The maximum Gasteiger partial charge on any atom is 0.217 e. The second kappa shape index (κ2) is 6.26. The fourth-order valence-corrected chi connectivity index (χ4v) is 1.76. The summed E-state index contributed by atoms with van der Waals surface area (Å²) in [6.45, 7) is 7.77. The van der Waals surface area contributed by atoms with Gasteiger partial charge in [-0.25, -0.2) is 0 Å². The molecule has 0 aromatic heterocycles. The summed E-state index contributed by atoms with van der Waals surface area (Å²) in [6.07, 6.45) is 1.22. The predicted octanol–water partition coefficient (Wildman–Crippen LogP) is 2.28. The molecule has 0 heterocycles. The van der Waals surface area contributed by atoms with Gasteiger partial charge in [0.2, 0.25) is 5.91 Å². The van der Waals surface area contributed by atoms with Gasteiger partial charge in [0.05, 0.1) is 5.33 Å². The molecule has 0 saturated heterocycles. The summed E-state index contributed by atoms with van der Waals surface area (Å²) in [4.78, 5) is 22.3. The van der Waals surface area contributed by atoms with Crippen LogP contribution in [-0.2, 0) is 9.59 Å². The molecule has 0 aliphatic heterocycles. The van der Waals surface area contributed by atoms with Crippen LogP contribution in [0.15, 0.2) is 0 Å². The number of nitrogens with one attached hydrogen (secondary N) is 1. The van der Waals surface area contributed by atoms with Gasteiger partial charge in [-0.1, -0.05) is 36.7 Å². The zero-order chi connectivity index (χ0) is 12.1. The Morgan fingerprint density at radius 1 is 1.33 bits per heavy atom. The maximum absolute atomic E-state index is 11.3. The highest BCUT2D eigenvalue weighted by Gasteiger charge is 2.21. The lowest BCUT2D eigenvalue weighted by atomic mass is 9.86. The Labute approximate surface area is 100 Å². The van der Waals surface area contributed by atoms with Crippen LogP contribution in [0.3, 0.4) is 0 Å². The summed E-state index contributed by atoms with van der Waals surface area (Å²) < 4.78 is 0. The predicted molar refractivity (Wildman–Crippen MR) is 65.1 cm³/mol. The summed E-state index contributed by atoms with van der Waals surface area (Å²) in [5.41, 5.74) is 0.111. The number of carbonyl (C=O) groups excluding carboxylic acids is 2. The highest BCUT2D eigenvalue weighted by Crippen LogP contribution is 2.22. The van der Waals surface area contributed by atoms with Crippen LogP contribution in [0.4, 0.5) is 0 Å². The van der Waals surface area contributed by atoms with Gasteiger partial charge >= 0.3 is 0 Å². The van der Waals surface area contributed by atoms with Crippen LogP contribution in [0.5, 0.6) is 0 Å². The molecule has 0 aromatic carbocycles. The third-order valence-corrected chi connectivity index (χ3v) is 2.51. The molecule has 0 radical (unpaired) electrons. The van der Waals surface area contributed by atoms with Crippen LogP contribution < -0.4 is 5.32 Å². The van der Waals surface area contributed by atoms with Crippen molar-refractivity contribution in [2.75, 3.05) is 5.33 Å². The average Bonchev–Trinajstić information content (AvgIpc) is 1.99. The van der Waals surface area contributed by atoms with Crippen molar-refractivity contribution in [3.05, 3.63) is 0 Å². The van der Waals surface area contributed by atoms with Crippen molar-refractivity contribution in [2.45, 2.75) is 46.6 Å². The first-order valence-electron chi connectivity index (χ1n) is 5.09. The van der Waals surface area contributed by atoms with Crippen LogP contribution in [0, 0.1) is 5.41 Å². The second-order valence-electron chi connectivity index (χ2n) is 5.04. The van der Waals surface area contributed by atoms with Gasteiger partial charge in [-0.3, -0.25) is 9.59 Å². The van der Waals surface area contributed by atoms with Gasteiger partial charge in [0.1, 0.15) is 5.78 Å². The van der Waals surface area contributed by atoms with E-state index in [4.69, 9.17) is 0 Å². The van der Waals surface area contributed by atoms with Crippen LogP contribution in [0.25, 0.3) is 0 Å². The van der Waals surface area contributed by atoms with Crippen LogP contribution in [-0.4, -0.2) is 23.1 Å². The molecule has 1 N–H and O–H groups in total. The minimum Gasteiger partial charge on any atom is -0.353 e. The lowest BCUT2D eigenvalue weighted by Crippen LogP contribution is -2.37. The first-order chi connectivity index (χ1) is 6.74. The van der Waals surface area contributed by atoms with E-state index in [1.807, 2.05) is 0 Å². The van der Waals surface area contributed by atoms with Crippen LogP contribution in [0.2, 0.25) is 0 Å². The molecular formula is C11H20BrNO2. The number of Topliss-reactive ketones (excluding diaryl/α,β-unsaturated/α-hetero) is 1. The molecule has 1 unspecified atom stereocenters. The van der Waals surface area contributed by atoms with Gasteiger partial charge in [0.15, 0.2) is 0 Å². The summed E-state index contributed by atoms with van der Waals surface area (Å²) in [7, 11) is 0. The van der Waals surface area contributed by atoms with Gasteiger partial charge in [0, 0.05) is 19.4 Å². The zero-order valence-electron chi connectivity index (χ0n) is 9.89. The standard InChI is InChI=1S/C11H20BrNO2/c1-8(14)13-9(5-10(15)7-12)6-11(2,3)4/h9H,5-7H2,1-4H3,(H,13,14). The smallest absolute Gasteiger partial charge is 0.217 e. The van der Waals surface area contributed by atoms with E-state index < -0.39 is 0 Å². The van der Waals surface area contributed by atoms with E-state index >= 15 is 0 Å². The summed E-state index contributed by atoms with van der Waals surface area (Å²) in [5.74, 6) is 0.0459. The van der Waals surface area contributed by atoms with E-state index in [2.05, 4.69) is 42.0 Å². The molecule has 1 amide bonds. The van der Waals surface area contributed by atoms with Crippen molar-refractivity contribution in [2.24, 2.45) is 5.41 Å². The monoisotopic (exact) mass is 277 g/mol. The van der Waals surface area contributed by atoms with Crippen molar-refractivity contribution in [1.82, 2.24) is 5.32 Å². The molecule has 0 bridgehead atoms. The third-order valence-electron chi connectivity index (χ3n) is 1.89. The molecule has 0 spiro atoms. The van der Waals surface area contributed by atoms with Crippen molar-refractivity contribution in [1.29, 1.82) is 0 Å². The Kier molecular flexibility index (Phi) is 6.10. The SMILES string of the molecule is CC(=O)NC(CC(=O)CBr)CC(C)(C)C. The minimum atomic E-state index is -0.0772. The van der Waals surface area contributed by atoms with E-state index in [1.54, 1.807) is 0 Å². The number of ketones is 1. The second-order valence-corrected chi connectivity index (χ2v) is 5.60. The normalized spacial score (nSPS) is 13.4. The molecule has 0 fully saturated rings. The minimum absolute atomic E-state index is 0.0486. The van der Waals surface area contributed by atoms with Crippen LogP contribution >= 0.6 is 15.9 Å². The topological polar surface area (TPSA) is 46.2 Å². The Morgan fingerprint density at radius 2 is 1.87 bits per heavy atom. The first kappa shape index (κ1) is 14.6. The molecule has 0 aromatic rings. The summed E-state index contributed by atoms with van der Waals surface area (Å²) >= 11 is 3.13. The molecule has 0 aliphatic rings. The fourth-order valence-electron chi connectivity index (χ4n) is 1.53. The molecule has 3 nitrogen and oxygen atoms in total. The first-order valence-corrected chi connectivity index (χ1v) is 6.21. The number of rotatable bonds is 5. The number of carbonyl (C=O) groups is 2. The molecule has 15 heavy (non-hydrogen) atoms. The molecule has 4 heteroatoms. The van der Waals surface area contributed by atoms with Crippen molar-refractivity contribution in [3.8, 4) is 0 Å². The number of alkyl halides is 1. The molecule has 0 rings (SSSR count). The van der Waals surface area contributed by atoms with E-state index in [-0.39, 0.29) is 23.1 Å². The van der Waals surface area contributed by atoms with Gasteiger partial charge < -0.3 is 5.32 Å². The van der Waals surface area contributed by atoms with Gasteiger partial charge in [-0.05, 0) is 11.8 Å². The number of halogens is 1. The van der Waals surface area contributed by atoms with Gasteiger partial charge in [-0.2, -0.15) is 0 Å². The lowest BCUT2D eigenvalue weighted by Gasteiger charge is -2.25. The summed E-state index contributed by atoms with van der Waals surface area (Å²) in [6, 6.07) is -0.0486.